The third kappa shape index (κ3) is 4.36. The van der Waals surface area contributed by atoms with E-state index in [2.05, 4.69) is 5.32 Å². The third-order valence-electron chi connectivity index (χ3n) is 2.03. The Labute approximate surface area is 102 Å². The maximum Gasteiger partial charge on any atom is 0.303 e. The highest BCUT2D eigenvalue weighted by molar-refractivity contribution is 7.15. The predicted octanol–water partition coefficient (Wildman–Crippen LogP) is 1.55. The van der Waals surface area contributed by atoms with Gasteiger partial charge < -0.3 is 10.4 Å². The highest BCUT2D eigenvalue weighted by Gasteiger charge is 2.10. The summed E-state index contributed by atoms with van der Waals surface area (Å²) < 4.78 is 0. The van der Waals surface area contributed by atoms with E-state index in [9.17, 15) is 14.4 Å². The van der Waals surface area contributed by atoms with Crippen molar-refractivity contribution >= 4 is 29.0 Å². The molecule has 1 amide bonds. The van der Waals surface area contributed by atoms with Crippen LogP contribution in [0.25, 0.3) is 0 Å². The van der Waals surface area contributed by atoms with Crippen molar-refractivity contribution in [1.82, 2.24) is 5.32 Å². The van der Waals surface area contributed by atoms with E-state index in [1.165, 1.54) is 6.92 Å². The van der Waals surface area contributed by atoms with Gasteiger partial charge >= 0.3 is 5.97 Å². The molecule has 1 aromatic rings. The van der Waals surface area contributed by atoms with E-state index in [1.54, 1.807) is 12.1 Å². The Balaban J connectivity index is 2.41. The number of ketones is 1. The van der Waals surface area contributed by atoms with Crippen molar-refractivity contribution in [3.05, 3.63) is 21.9 Å². The molecule has 0 aromatic carbocycles. The largest absolute Gasteiger partial charge is 0.481 e. The van der Waals surface area contributed by atoms with Crippen molar-refractivity contribution < 1.29 is 19.5 Å². The van der Waals surface area contributed by atoms with Gasteiger partial charge in [-0.15, -0.1) is 11.3 Å². The van der Waals surface area contributed by atoms with Crippen LogP contribution in [0.2, 0.25) is 0 Å². The molecular formula is C11H13NO4S. The summed E-state index contributed by atoms with van der Waals surface area (Å²) in [5, 5.41) is 11.0. The van der Waals surface area contributed by atoms with E-state index < -0.39 is 5.97 Å². The Bertz CT molecular complexity index is 438. The minimum atomic E-state index is -0.880. The second kappa shape index (κ2) is 6.15. The Morgan fingerprint density at radius 2 is 1.94 bits per heavy atom. The average molecular weight is 255 g/mol. The summed E-state index contributed by atoms with van der Waals surface area (Å²) in [6.45, 7) is 1.76. The molecule has 0 radical (unpaired) electrons. The third-order valence-corrected chi connectivity index (χ3v) is 3.21. The fraction of sp³-hybridized carbons (Fsp3) is 0.364. The maximum atomic E-state index is 11.6. The Morgan fingerprint density at radius 3 is 2.47 bits per heavy atom. The first kappa shape index (κ1) is 13.4. The first-order valence-corrected chi connectivity index (χ1v) is 5.93. The molecule has 0 aliphatic rings. The molecule has 1 rings (SSSR count). The number of hydrogen-bond donors (Lipinski definition) is 2. The van der Waals surface area contributed by atoms with Gasteiger partial charge in [0.2, 0.25) is 0 Å². The fourth-order valence-electron chi connectivity index (χ4n) is 1.18. The molecule has 0 saturated heterocycles. The van der Waals surface area contributed by atoms with Crippen LogP contribution in [-0.4, -0.2) is 29.3 Å². The monoisotopic (exact) mass is 255 g/mol. The number of aliphatic carboxylic acids is 1. The number of Topliss-reactive ketones (excluding diaryl/α,β-unsaturated/α-hetero) is 1. The molecule has 17 heavy (non-hydrogen) atoms. The molecule has 0 unspecified atom stereocenters. The van der Waals surface area contributed by atoms with Crippen molar-refractivity contribution in [2.45, 2.75) is 19.8 Å². The molecular weight excluding hydrogens is 242 g/mol. The van der Waals surface area contributed by atoms with Gasteiger partial charge in [0.15, 0.2) is 5.78 Å². The van der Waals surface area contributed by atoms with Crippen molar-refractivity contribution in [2.75, 3.05) is 6.54 Å². The molecule has 5 nitrogen and oxygen atoms in total. The van der Waals surface area contributed by atoms with E-state index in [0.29, 0.717) is 22.7 Å². The smallest absolute Gasteiger partial charge is 0.303 e. The maximum absolute atomic E-state index is 11.6. The van der Waals surface area contributed by atoms with Crippen LogP contribution in [0.1, 0.15) is 39.1 Å². The van der Waals surface area contributed by atoms with E-state index in [0.717, 1.165) is 11.3 Å². The lowest BCUT2D eigenvalue weighted by molar-refractivity contribution is -0.137. The normalized spacial score (nSPS) is 9.94. The van der Waals surface area contributed by atoms with Crippen LogP contribution in [0.3, 0.4) is 0 Å². The quantitative estimate of drug-likeness (QED) is 0.596. The number of rotatable bonds is 6. The van der Waals surface area contributed by atoms with Crippen molar-refractivity contribution in [3.8, 4) is 0 Å². The number of carboxylic acids is 1. The van der Waals surface area contributed by atoms with Crippen LogP contribution in [0.4, 0.5) is 0 Å². The average Bonchev–Trinajstić information content (AvgIpc) is 2.73. The summed E-state index contributed by atoms with van der Waals surface area (Å²) in [5.74, 6) is -1.22. The molecule has 0 fully saturated rings. The van der Waals surface area contributed by atoms with Gasteiger partial charge in [-0.05, 0) is 25.5 Å². The minimum Gasteiger partial charge on any atom is -0.481 e. The van der Waals surface area contributed by atoms with Gasteiger partial charge in [0.05, 0.1) is 9.75 Å². The molecule has 0 atom stereocenters. The summed E-state index contributed by atoms with van der Waals surface area (Å²) in [6.07, 6.45) is 0.426. The summed E-state index contributed by atoms with van der Waals surface area (Å²) in [7, 11) is 0. The number of carbonyl (C=O) groups is 3. The van der Waals surface area contributed by atoms with E-state index >= 15 is 0 Å². The van der Waals surface area contributed by atoms with Crippen molar-refractivity contribution in [3.63, 3.8) is 0 Å². The summed E-state index contributed by atoms with van der Waals surface area (Å²) in [5.41, 5.74) is 0. The lowest BCUT2D eigenvalue weighted by Gasteiger charge is -2.01. The molecule has 0 bridgehead atoms. The first-order chi connectivity index (χ1) is 8.00. The Kier molecular flexibility index (Phi) is 4.84. The lowest BCUT2D eigenvalue weighted by Crippen LogP contribution is -2.23. The molecule has 6 heteroatoms. The van der Waals surface area contributed by atoms with Gasteiger partial charge in [-0.2, -0.15) is 0 Å². The zero-order valence-electron chi connectivity index (χ0n) is 9.36. The first-order valence-electron chi connectivity index (χ1n) is 5.11. The van der Waals surface area contributed by atoms with Crippen LogP contribution in [0.5, 0.6) is 0 Å². The van der Waals surface area contributed by atoms with Gasteiger partial charge in [-0.25, -0.2) is 0 Å². The van der Waals surface area contributed by atoms with Gasteiger partial charge in [0.25, 0.3) is 5.91 Å². The molecule has 0 saturated carbocycles. The van der Waals surface area contributed by atoms with Crippen LogP contribution in [0.15, 0.2) is 12.1 Å². The molecule has 2 N–H and O–H groups in total. The van der Waals surface area contributed by atoms with Gasteiger partial charge in [0, 0.05) is 13.0 Å². The zero-order valence-corrected chi connectivity index (χ0v) is 10.2. The minimum absolute atomic E-state index is 0.0312. The molecule has 0 aliphatic heterocycles. The molecule has 0 aliphatic carbocycles. The molecule has 0 spiro atoms. The van der Waals surface area contributed by atoms with Gasteiger partial charge in [0.1, 0.15) is 0 Å². The number of carbonyl (C=O) groups excluding carboxylic acids is 2. The number of amides is 1. The summed E-state index contributed by atoms with van der Waals surface area (Å²) >= 11 is 1.14. The topological polar surface area (TPSA) is 83.5 Å². The molecule has 1 aromatic heterocycles. The Morgan fingerprint density at radius 1 is 1.29 bits per heavy atom. The highest BCUT2D eigenvalue weighted by Crippen LogP contribution is 2.16. The summed E-state index contributed by atoms with van der Waals surface area (Å²) in [4.78, 5) is 33.8. The number of hydrogen-bond acceptors (Lipinski definition) is 4. The van der Waals surface area contributed by atoms with Crippen LogP contribution in [-0.2, 0) is 4.79 Å². The van der Waals surface area contributed by atoms with Crippen LogP contribution in [0, 0.1) is 0 Å². The Hall–Kier alpha value is -1.69. The van der Waals surface area contributed by atoms with E-state index in [4.69, 9.17) is 5.11 Å². The van der Waals surface area contributed by atoms with Crippen LogP contribution < -0.4 is 5.32 Å². The highest BCUT2D eigenvalue weighted by atomic mass is 32.1. The van der Waals surface area contributed by atoms with Crippen LogP contribution >= 0.6 is 11.3 Å². The van der Waals surface area contributed by atoms with E-state index in [-0.39, 0.29) is 18.1 Å². The standard InChI is InChI=1S/C11H13NO4S/c1-7(13)8-4-5-9(17-8)11(16)12-6-2-3-10(14)15/h4-5H,2-3,6H2,1H3,(H,12,16)(H,14,15). The van der Waals surface area contributed by atoms with E-state index in [1.807, 2.05) is 0 Å². The number of nitrogens with one attached hydrogen (secondary N) is 1. The second-order valence-corrected chi connectivity index (χ2v) is 4.56. The van der Waals surface area contributed by atoms with Crippen molar-refractivity contribution in [1.29, 1.82) is 0 Å². The van der Waals surface area contributed by atoms with Crippen molar-refractivity contribution in [2.24, 2.45) is 0 Å². The SMILES string of the molecule is CC(=O)c1ccc(C(=O)NCCCC(=O)O)s1. The lowest BCUT2D eigenvalue weighted by atomic mass is 10.3. The number of carboxylic acid groups (broad SMARTS) is 1. The van der Waals surface area contributed by atoms with Gasteiger partial charge in [-0.3, -0.25) is 14.4 Å². The summed E-state index contributed by atoms with van der Waals surface area (Å²) in [6, 6.07) is 3.20. The second-order valence-electron chi connectivity index (χ2n) is 3.47. The zero-order chi connectivity index (χ0) is 12.8. The van der Waals surface area contributed by atoms with Gasteiger partial charge in [-0.1, -0.05) is 0 Å². The fourth-order valence-corrected chi connectivity index (χ4v) is 2.00. The molecule has 1 heterocycles. The number of thiophene rings is 1. The molecule has 92 valence electrons. The predicted molar refractivity (Wildman–Crippen MR) is 63.5 cm³/mol.